The van der Waals surface area contributed by atoms with Crippen LogP contribution >= 0.6 is 34.8 Å². The first-order valence-corrected chi connectivity index (χ1v) is 7.46. The quantitative estimate of drug-likeness (QED) is 0.932. The first-order chi connectivity index (χ1) is 8.90. The van der Waals surface area contributed by atoms with Gasteiger partial charge in [-0.05, 0) is 12.1 Å². The number of anilines is 1. The molecular weight excluding hydrogens is 333 g/mol. The molecule has 1 aromatic carbocycles. The molecule has 0 radical (unpaired) electrons. The van der Waals surface area contributed by atoms with Gasteiger partial charge in [-0.3, -0.25) is 9.71 Å². The lowest BCUT2D eigenvalue weighted by Gasteiger charge is -2.09. The fourth-order valence-corrected chi connectivity index (χ4v) is 3.60. The second kappa shape index (κ2) is 5.50. The molecule has 0 unspecified atom stereocenters. The predicted molar refractivity (Wildman–Crippen MR) is 74.3 cm³/mol. The van der Waals surface area contributed by atoms with Crippen LogP contribution in [0, 0.1) is 0 Å². The van der Waals surface area contributed by atoms with Gasteiger partial charge in [0.2, 0.25) is 0 Å². The molecule has 2 rings (SSSR count). The van der Waals surface area contributed by atoms with Crippen molar-refractivity contribution in [1.82, 2.24) is 9.97 Å². The summed E-state index contributed by atoms with van der Waals surface area (Å²) in [5.41, 5.74) is 0. The second-order valence-corrected chi connectivity index (χ2v) is 6.20. The first-order valence-electron chi connectivity index (χ1n) is 4.84. The summed E-state index contributed by atoms with van der Waals surface area (Å²) >= 11 is 17.3. The van der Waals surface area contributed by atoms with E-state index in [2.05, 4.69) is 14.7 Å². The van der Waals surface area contributed by atoms with Gasteiger partial charge in [-0.2, -0.15) is 0 Å². The van der Waals surface area contributed by atoms with Crippen LogP contribution in [0.4, 0.5) is 5.82 Å². The standard InChI is InChI=1S/C10H6Cl3N3O2S/c11-6-2-1-3-7(12)10(6)19(17,18)16-9-5-14-4-8(13)15-9/h1-5H,(H,15,16). The van der Waals surface area contributed by atoms with Crippen LogP contribution in [-0.4, -0.2) is 18.4 Å². The van der Waals surface area contributed by atoms with E-state index in [1.807, 2.05) is 0 Å². The van der Waals surface area contributed by atoms with Gasteiger partial charge in [-0.1, -0.05) is 40.9 Å². The zero-order valence-corrected chi connectivity index (χ0v) is 12.2. The third-order valence-electron chi connectivity index (χ3n) is 2.03. The van der Waals surface area contributed by atoms with Crippen LogP contribution < -0.4 is 4.72 Å². The molecule has 19 heavy (non-hydrogen) atoms. The Hall–Kier alpha value is -1.08. The van der Waals surface area contributed by atoms with Crippen molar-refractivity contribution >= 4 is 50.6 Å². The minimum atomic E-state index is -3.97. The Bertz CT molecular complexity index is 701. The van der Waals surface area contributed by atoms with E-state index in [0.29, 0.717) is 0 Å². The van der Waals surface area contributed by atoms with Crippen molar-refractivity contribution in [2.75, 3.05) is 4.72 Å². The topological polar surface area (TPSA) is 72.0 Å². The molecule has 9 heteroatoms. The highest BCUT2D eigenvalue weighted by molar-refractivity contribution is 7.93. The Labute approximate surface area is 124 Å². The number of rotatable bonds is 3. The highest BCUT2D eigenvalue weighted by Crippen LogP contribution is 2.30. The summed E-state index contributed by atoms with van der Waals surface area (Å²) < 4.78 is 26.5. The molecule has 0 aliphatic carbocycles. The summed E-state index contributed by atoms with van der Waals surface area (Å²) in [5.74, 6) is -0.0245. The first kappa shape index (κ1) is 14.3. The smallest absolute Gasteiger partial charge is 0.262 e. The average molecular weight is 339 g/mol. The lowest BCUT2D eigenvalue weighted by molar-refractivity contribution is 0.601. The zero-order valence-electron chi connectivity index (χ0n) is 9.14. The number of nitrogens with one attached hydrogen (secondary N) is 1. The molecular formula is C10H6Cl3N3O2S. The van der Waals surface area contributed by atoms with Gasteiger partial charge >= 0.3 is 0 Å². The van der Waals surface area contributed by atoms with Gasteiger partial charge in [-0.15, -0.1) is 0 Å². The maximum atomic E-state index is 12.2. The Morgan fingerprint density at radius 1 is 1.05 bits per heavy atom. The van der Waals surface area contributed by atoms with E-state index >= 15 is 0 Å². The van der Waals surface area contributed by atoms with Crippen molar-refractivity contribution in [2.24, 2.45) is 0 Å². The second-order valence-electron chi connectivity index (χ2n) is 3.38. The highest BCUT2D eigenvalue weighted by Gasteiger charge is 2.22. The van der Waals surface area contributed by atoms with Gasteiger partial charge in [0.15, 0.2) is 5.82 Å². The Balaban J connectivity index is 2.44. The summed E-state index contributed by atoms with van der Waals surface area (Å²) in [7, 11) is -3.97. The molecule has 1 N–H and O–H groups in total. The number of benzene rings is 1. The molecule has 0 saturated heterocycles. The van der Waals surface area contributed by atoms with Gasteiger partial charge in [0.25, 0.3) is 10.0 Å². The number of nitrogens with zero attached hydrogens (tertiary/aromatic N) is 2. The fraction of sp³-hybridized carbons (Fsp3) is 0. The van der Waals surface area contributed by atoms with Gasteiger partial charge in [0.1, 0.15) is 10.0 Å². The van der Waals surface area contributed by atoms with Crippen LogP contribution in [-0.2, 0) is 10.0 Å². The Morgan fingerprint density at radius 3 is 2.26 bits per heavy atom. The zero-order chi connectivity index (χ0) is 14.0. The number of aromatic nitrogens is 2. The van der Waals surface area contributed by atoms with Gasteiger partial charge in [0.05, 0.1) is 22.4 Å². The lowest BCUT2D eigenvalue weighted by Crippen LogP contribution is -2.15. The predicted octanol–water partition coefficient (Wildman–Crippen LogP) is 3.24. The van der Waals surface area contributed by atoms with Crippen molar-refractivity contribution in [2.45, 2.75) is 4.90 Å². The third kappa shape index (κ3) is 3.27. The molecule has 1 heterocycles. The third-order valence-corrected chi connectivity index (χ3v) is 4.52. The molecule has 0 aliphatic rings. The molecule has 0 amide bonds. The van der Waals surface area contributed by atoms with Crippen LogP contribution in [0.1, 0.15) is 0 Å². The van der Waals surface area contributed by atoms with E-state index < -0.39 is 10.0 Å². The molecule has 5 nitrogen and oxygen atoms in total. The van der Waals surface area contributed by atoms with Crippen molar-refractivity contribution in [3.05, 3.63) is 45.8 Å². The van der Waals surface area contributed by atoms with Crippen LogP contribution in [0.2, 0.25) is 15.2 Å². The van der Waals surface area contributed by atoms with E-state index in [-0.39, 0.29) is 25.9 Å². The van der Waals surface area contributed by atoms with E-state index in [0.717, 1.165) is 0 Å². The Morgan fingerprint density at radius 2 is 1.68 bits per heavy atom. The molecule has 0 bridgehead atoms. The number of halogens is 3. The number of hydrogen-bond acceptors (Lipinski definition) is 4. The van der Waals surface area contributed by atoms with Gasteiger partial charge < -0.3 is 0 Å². The molecule has 0 saturated carbocycles. The molecule has 100 valence electrons. The molecule has 1 aromatic heterocycles. The van der Waals surface area contributed by atoms with Crippen LogP contribution in [0.5, 0.6) is 0 Å². The molecule has 2 aromatic rings. The fourth-order valence-electron chi connectivity index (χ4n) is 1.32. The molecule has 0 fully saturated rings. The minimum absolute atomic E-state index is 0.00925. The molecule has 0 aliphatic heterocycles. The SMILES string of the molecule is O=S(=O)(Nc1cncc(Cl)n1)c1c(Cl)cccc1Cl. The molecule has 0 spiro atoms. The summed E-state index contributed by atoms with van der Waals surface area (Å²) in [5, 5.41) is 0.0791. The summed E-state index contributed by atoms with van der Waals surface area (Å²) in [6, 6.07) is 4.39. The van der Waals surface area contributed by atoms with Crippen LogP contribution in [0.15, 0.2) is 35.5 Å². The van der Waals surface area contributed by atoms with Crippen molar-refractivity contribution in [1.29, 1.82) is 0 Å². The number of sulfonamides is 1. The van der Waals surface area contributed by atoms with Gasteiger partial charge in [0, 0.05) is 0 Å². The largest absolute Gasteiger partial charge is 0.266 e. The van der Waals surface area contributed by atoms with E-state index in [4.69, 9.17) is 34.8 Å². The normalized spacial score (nSPS) is 11.3. The summed E-state index contributed by atoms with van der Waals surface area (Å²) in [6.45, 7) is 0. The van der Waals surface area contributed by atoms with E-state index in [9.17, 15) is 8.42 Å². The van der Waals surface area contributed by atoms with E-state index in [1.165, 1.54) is 24.5 Å². The van der Waals surface area contributed by atoms with Crippen molar-refractivity contribution in [3.63, 3.8) is 0 Å². The van der Waals surface area contributed by atoms with Gasteiger partial charge in [-0.25, -0.2) is 13.4 Å². The highest BCUT2D eigenvalue weighted by atomic mass is 35.5. The minimum Gasteiger partial charge on any atom is -0.262 e. The van der Waals surface area contributed by atoms with Crippen molar-refractivity contribution in [3.8, 4) is 0 Å². The molecule has 0 atom stereocenters. The van der Waals surface area contributed by atoms with E-state index in [1.54, 1.807) is 6.07 Å². The Kier molecular flexibility index (Phi) is 4.15. The maximum Gasteiger partial charge on any atom is 0.266 e. The lowest BCUT2D eigenvalue weighted by atomic mass is 10.4. The van der Waals surface area contributed by atoms with Crippen molar-refractivity contribution < 1.29 is 8.42 Å². The van der Waals surface area contributed by atoms with Crippen LogP contribution in [0.25, 0.3) is 0 Å². The number of hydrogen-bond donors (Lipinski definition) is 1. The average Bonchev–Trinajstić information content (AvgIpc) is 2.27. The summed E-state index contributed by atoms with van der Waals surface area (Å²) in [4.78, 5) is 7.27. The summed E-state index contributed by atoms with van der Waals surface area (Å²) in [6.07, 6.45) is 2.50. The maximum absolute atomic E-state index is 12.2. The van der Waals surface area contributed by atoms with Crippen LogP contribution in [0.3, 0.4) is 0 Å². The monoisotopic (exact) mass is 337 g/mol.